The summed E-state index contributed by atoms with van der Waals surface area (Å²) in [5, 5.41) is 29.5. The van der Waals surface area contributed by atoms with Gasteiger partial charge in [0.25, 0.3) is 5.56 Å². The van der Waals surface area contributed by atoms with E-state index < -0.39 is 36.2 Å². The summed E-state index contributed by atoms with van der Waals surface area (Å²) in [4.78, 5) is 21.9. The number of aromatic amines is 1. The molecule has 10 heteroatoms. The van der Waals surface area contributed by atoms with Crippen LogP contribution in [0.15, 0.2) is 11.1 Å². The molecule has 5 atom stereocenters. The van der Waals surface area contributed by atoms with Crippen LogP contribution >= 0.6 is 0 Å². The average molecular weight is 297 g/mol. The van der Waals surface area contributed by atoms with Crippen LogP contribution in [0.4, 0.5) is 5.95 Å². The zero-order valence-electron chi connectivity index (χ0n) is 11.0. The highest BCUT2D eigenvalue weighted by Crippen LogP contribution is 2.32. The van der Waals surface area contributed by atoms with Crippen molar-refractivity contribution in [3.63, 3.8) is 0 Å². The maximum absolute atomic E-state index is 11.7. The normalized spacial score (nSPS) is 30.9. The van der Waals surface area contributed by atoms with E-state index >= 15 is 0 Å². The molecule has 10 nitrogen and oxygen atoms in total. The van der Waals surface area contributed by atoms with Crippen molar-refractivity contribution in [3.8, 4) is 0 Å². The Bertz CT molecular complexity index is 725. The second kappa shape index (κ2) is 4.77. The van der Waals surface area contributed by atoms with Crippen LogP contribution in [0.25, 0.3) is 11.2 Å². The zero-order chi connectivity index (χ0) is 15.3. The van der Waals surface area contributed by atoms with Gasteiger partial charge in [-0.05, 0) is 6.92 Å². The molecule has 1 saturated heterocycles. The van der Waals surface area contributed by atoms with Crippen molar-refractivity contribution in [1.82, 2.24) is 19.5 Å². The summed E-state index contributed by atoms with van der Waals surface area (Å²) in [5.41, 5.74) is 5.13. The molecule has 2 aromatic heterocycles. The number of H-pyrrole nitrogens is 1. The molecule has 0 radical (unpaired) electrons. The molecule has 1 fully saturated rings. The fourth-order valence-corrected chi connectivity index (χ4v) is 2.44. The highest BCUT2D eigenvalue weighted by atomic mass is 16.6. The number of fused-ring (bicyclic) bond motifs is 1. The number of hydrogen-bond acceptors (Lipinski definition) is 8. The first-order valence-electron chi connectivity index (χ1n) is 6.32. The topological polar surface area (TPSA) is 160 Å². The second-order valence-corrected chi connectivity index (χ2v) is 4.99. The van der Waals surface area contributed by atoms with Gasteiger partial charge in [-0.1, -0.05) is 0 Å². The van der Waals surface area contributed by atoms with Gasteiger partial charge >= 0.3 is 0 Å². The number of ether oxygens (including phenoxy) is 1. The third kappa shape index (κ3) is 2.08. The number of aliphatic hydroxyl groups is 3. The summed E-state index contributed by atoms with van der Waals surface area (Å²) in [7, 11) is 0. The quantitative estimate of drug-likeness (QED) is 0.414. The highest BCUT2D eigenvalue weighted by Gasteiger charge is 2.46. The van der Waals surface area contributed by atoms with Crippen molar-refractivity contribution < 1.29 is 20.1 Å². The molecular weight excluding hydrogens is 282 g/mol. The summed E-state index contributed by atoms with van der Waals surface area (Å²) < 4.78 is 6.76. The predicted molar refractivity (Wildman–Crippen MR) is 70.2 cm³/mol. The molecule has 0 spiro atoms. The van der Waals surface area contributed by atoms with E-state index in [2.05, 4.69) is 15.0 Å². The third-order valence-electron chi connectivity index (χ3n) is 3.48. The van der Waals surface area contributed by atoms with E-state index in [-0.39, 0.29) is 17.1 Å². The minimum absolute atomic E-state index is 0.0370. The molecule has 3 heterocycles. The Kier molecular flexibility index (Phi) is 3.17. The standard InChI is InChI=1S/C11H15N5O5/c1-3(17)7-5(18)6(19)10(21-7)16-2-13-4-8(16)14-11(12)15-9(4)20/h2-3,5-7,10,17-19H,1H3,(H3,12,14,15,20)/t3-,5?,6?,7+,10+/m0/s1. The molecular formula is C11H15N5O5. The Balaban J connectivity index is 2.07. The van der Waals surface area contributed by atoms with Gasteiger partial charge in [0.05, 0.1) is 12.4 Å². The summed E-state index contributed by atoms with van der Waals surface area (Å²) >= 11 is 0. The molecule has 21 heavy (non-hydrogen) atoms. The van der Waals surface area contributed by atoms with Gasteiger partial charge < -0.3 is 25.8 Å². The van der Waals surface area contributed by atoms with Gasteiger partial charge in [-0.2, -0.15) is 4.98 Å². The largest absolute Gasteiger partial charge is 0.391 e. The molecule has 1 aliphatic rings. The van der Waals surface area contributed by atoms with Gasteiger partial charge in [0.15, 0.2) is 17.4 Å². The van der Waals surface area contributed by atoms with Gasteiger partial charge in [0.2, 0.25) is 5.95 Å². The molecule has 1 aliphatic heterocycles. The van der Waals surface area contributed by atoms with Crippen LogP contribution in [0.5, 0.6) is 0 Å². The molecule has 0 bridgehead atoms. The number of rotatable bonds is 2. The fraction of sp³-hybridized carbons (Fsp3) is 0.545. The number of nitrogens with one attached hydrogen (secondary N) is 1. The molecule has 6 N–H and O–H groups in total. The third-order valence-corrected chi connectivity index (χ3v) is 3.48. The SMILES string of the molecule is C[C@H](O)[C@H]1O[C@@H](n2cnc3c(=O)[nH]c(N)nc32)C(O)C1O. The fourth-order valence-electron chi connectivity index (χ4n) is 2.44. The Hall–Kier alpha value is -2.01. The summed E-state index contributed by atoms with van der Waals surface area (Å²) in [6.07, 6.45) is -4.27. The van der Waals surface area contributed by atoms with Crippen molar-refractivity contribution in [2.75, 3.05) is 5.73 Å². The number of aliphatic hydroxyl groups excluding tert-OH is 3. The lowest BCUT2D eigenvalue weighted by molar-refractivity contribution is -0.0777. The van der Waals surface area contributed by atoms with Gasteiger partial charge in [-0.3, -0.25) is 14.3 Å². The molecule has 2 unspecified atom stereocenters. The van der Waals surface area contributed by atoms with Crippen molar-refractivity contribution in [2.45, 2.75) is 37.6 Å². The van der Waals surface area contributed by atoms with Crippen molar-refractivity contribution in [1.29, 1.82) is 0 Å². The highest BCUT2D eigenvalue weighted by molar-refractivity contribution is 5.70. The van der Waals surface area contributed by atoms with E-state index in [1.165, 1.54) is 17.8 Å². The Morgan fingerprint density at radius 1 is 1.48 bits per heavy atom. The Labute approximate surface area is 117 Å². The first-order chi connectivity index (χ1) is 9.90. The summed E-state index contributed by atoms with van der Waals surface area (Å²) in [6, 6.07) is 0. The first kappa shape index (κ1) is 13.9. The van der Waals surface area contributed by atoms with E-state index in [9.17, 15) is 20.1 Å². The van der Waals surface area contributed by atoms with Gasteiger partial charge in [-0.15, -0.1) is 0 Å². The maximum Gasteiger partial charge on any atom is 0.280 e. The van der Waals surface area contributed by atoms with Gasteiger partial charge in [0, 0.05) is 0 Å². The predicted octanol–water partition coefficient (Wildman–Crippen LogP) is -2.30. The van der Waals surface area contributed by atoms with E-state index in [1.807, 2.05) is 0 Å². The molecule has 3 rings (SSSR count). The van der Waals surface area contributed by atoms with Crippen LogP contribution in [0.2, 0.25) is 0 Å². The molecule has 2 aromatic rings. The lowest BCUT2D eigenvalue weighted by atomic mass is 10.1. The lowest BCUT2D eigenvalue weighted by Gasteiger charge is -2.17. The zero-order valence-corrected chi connectivity index (χ0v) is 11.0. The molecule has 0 saturated carbocycles. The molecule has 0 aromatic carbocycles. The summed E-state index contributed by atoms with van der Waals surface area (Å²) in [5.74, 6) is -0.102. The van der Waals surface area contributed by atoms with E-state index in [0.29, 0.717) is 0 Å². The van der Waals surface area contributed by atoms with Gasteiger partial charge in [-0.25, -0.2) is 4.98 Å². The number of hydrogen-bond donors (Lipinski definition) is 5. The lowest BCUT2D eigenvalue weighted by Crippen LogP contribution is -2.37. The summed E-state index contributed by atoms with van der Waals surface area (Å²) in [6.45, 7) is 1.44. The van der Waals surface area contributed by atoms with Gasteiger partial charge in [0.1, 0.15) is 18.3 Å². The van der Waals surface area contributed by atoms with Crippen LogP contribution in [0, 0.1) is 0 Å². The van der Waals surface area contributed by atoms with Crippen molar-refractivity contribution in [2.24, 2.45) is 0 Å². The van der Waals surface area contributed by atoms with Crippen molar-refractivity contribution >= 4 is 17.1 Å². The second-order valence-electron chi connectivity index (χ2n) is 4.99. The van der Waals surface area contributed by atoms with Crippen molar-refractivity contribution in [3.05, 3.63) is 16.7 Å². The molecule has 114 valence electrons. The van der Waals surface area contributed by atoms with E-state index in [1.54, 1.807) is 0 Å². The molecule has 0 aliphatic carbocycles. The minimum Gasteiger partial charge on any atom is -0.391 e. The number of anilines is 1. The van der Waals surface area contributed by atoms with E-state index in [4.69, 9.17) is 10.5 Å². The monoisotopic (exact) mass is 297 g/mol. The Morgan fingerprint density at radius 3 is 2.81 bits per heavy atom. The Morgan fingerprint density at radius 2 is 2.19 bits per heavy atom. The van der Waals surface area contributed by atoms with Crippen LogP contribution in [-0.2, 0) is 4.74 Å². The number of nitrogens with two attached hydrogens (primary N) is 1. The average Bonchev–Trinajstić information content (AvgIpc) is 2.93. The van der Waals surface area contributed by atoms with Crippen LogP contribution in [0.3, 0.4) is 0 Å². The van der Waals surface area contributed by atoms with Crippen LogP contribution < -0.4 is 11.3 Å². The smallest absolute Gasteiger partial charge is 0.280 e. The molecule has 0 amide bonds. The first-order valence-corrected chi connectivity index (χ1v) is 6.32. The number of nitrogens with zero attached hydrogens (tertiary/aromatic N) is 3. The van der Waals surface area contributed by atoms with Crippen LogP contribution in [0.1, 0.15) is 13.2 Å². The number of imidazole rings is 1. The number of aromatic nitrogens is 4. The minimum atomic E-state index is -1.30. The number of nitrogen functional groups attached to an aromatic ring is 1. The van der Waals surface area contributed by atoms with E-state index in [0.717, 1.165) is 0 Å². The maximum atomic E-state index is 11.7. The van der Waals surface area contributed by atoms with Crippen LogP contribution in [-0.4, -0.2) is 59.3 Å².